The lowest BCUT2D eigenvalue weighted by Gasteiger charge is -2.19. The van der Waals surface area contributed by atoms with Crippen LogP contribution in [0.1, 0.15) is 52.8 Å². The van der Waals surface area contributed by atoms with Gasteiger partial charge in [-0.05, 0) is 18.8 Å². The number of aromatic nitrogens is 2. The first-order valence-electron chi connectivity index (χ1n) is 7.28. The summed E-state index contributed by atoms with van der Waals surface area (Å²) < 4.78 is 0. The summed E-state index contributed by atoms with van der Waals surface area (Å²) in [5.74, 6) is 3.55. The molecular weight excluding hydrogens is 236 g/mol. The second-order valence-electron chi connectivity index (χ2n) is 6.50. The minimum atomic E-state index is -0.0321. The van der Waals surface area contributed by atoms with Gasteiger partial charge in [-0.2, -0.15) is 0 Å². The van der Waals surface area contributed by atoms with Crippen LogP contribution in [0.25, 0.3) is 0 Å². The van der Waals surface area contributed by atoms with Gasteiger partial charge in [-0.25, -0.2) is 9.97 Å². The monoisotopic (exact) mass is 262 g/mol. The van der Waals surface area contributed by atoms with Gasteiger partial charge in [0.25, 0.3) is 0 Å². The van der Waals surface area contributed by atoms with Gasteiger partial charge < -0.3 is 10.6 Å². The summed E-state index contributed by atoms with van der Waals surface area (Å²) >= 11 is 0. The van der Waals surface area contributed by atoms with Crippen LogP contribution < -0.4 is 10.6 Å². The Morgan fingerprint density at radius 3 is 2.53 bits per heavy atom. The fourth-order valence-electron chi connectivity index (χ4n) is 2.29. The molecule has 4 nitrogen and oxygen atoms in total. The van der Waals surface area contributed by atoms with E-state index in [1.54, 1.807) is 0 Å². The van der Waals surface area contributed by atoms with E-state index in [0.717, 1.165) is 23.4 Å². The molecule has 1 aromatic rings. The average molecular weight is 262 g/mol. The van der Waals surface area contributed by atoms with Gasteiger partial charge in [-0.3, -0.25) is 0 Å². The molecule has 0 saturated heterocycles. The average Bonchev–Trinajstić information content (AvgIpc) is 3.06. The molecule has 2 atom stereocenters. The van der Waals surface area contributed by atoms with Gasteiger partial charge in [0.05, 0.1) is 0 Å². The second-order valence-corrected chi connectivity index (χ2v) is 6.50. The van der Waals surface area contributed by atoms with E-state index in [2.05, 4.69) is 48.3 Å². The van der Waals surface area contributed by atoms with Crippen molar-refractivity contribution >= 4 is 11.6 Å². The van der Waals surface area contributed by atoms with E-state index in [9.17, 15) is 0 Å². The second kappa shape index (κ2) is 5.35. The molecule has 0 radical (unpaired) electrons. The predicted molar refractivity (Wildman–Crippen MR) is 80.7 cm³/mol. The summed E-state index contributed by atoms with van der Waals surface area (Å²) in [5, 5.41) is 6.67. The quantitative estimate of drug-likeness (QED) is 0.853. The molecule has 2 rings (SSSR count). The van der Waals surface area contributed by atoms with E-state index >= 15 is 0 Å². The summed E-state index contributed by atoms with van der Waals surface area (Å²) in [4.78, 5) is 9.21. The molecule has 1 aliphatic carbocycles. The Bertz CT molecular complexity index is 436. The lowest BCUT2D eigenvalue weighted by Crippen LogP contribution is -2.18. The third-order valence-corrected chi connectivity index (χ3v) is 3.57. The van der Waals surface area contributed by atoms with Crippen molar-refractivity contribution < 1.29 is 0 Å². The van der Waals surface area contributed by atoms with Crippen LogP contribution in [0.15, 0.2) is 6.07 Å². The number of hydrogen-bond donors (Lipinski definition) is 2. The highest BCUT2D eigenvalue weighted by Gasteiger charge is 2.36. The van der Waals surface area contributed by atoms with Gasteiger partial charge in [0.15, 0.2) is 0 Å². The Balaban J connectivity index is 2.12. The largest absolute Gasteiger partial charge is 0.373 e. The van der Waals surface area contributed by atoms with Crippen molar-refractivity contribution in [3.05, 3.63) is 11.9 Å². The van der Waals surface area contributed by atoms with Crippen molar-refractivity contribution in [1.82, 2.24) is 9.97 Å². The van der Waals surface area contributed by atoms with Crippen LogP contribution in [0.2, 0.25) is 0 Å². The van der Waals surface area contributed by atoms with E-state index in [4.69, 9.17) is 0 Å². The van der Waals surface area contributed by atoms with Crippen LogP contribution >= 0.6 is 0 Å². The van der Waals surface area contributed by atoms with Gasteiger partial charge in [0.2, 0.25) is 0 Å². The van der Waals surface area contributed by atoms with Gasteiger partial charge in [0.1, 0.15) is 17.5 Å². The zero-order valence-corrected chi connectivity index (χ0v) is 12.7. The first kappa shape index (κ1) is 14.1. The normalized spacial score (nSPS) is 22.2. The standard InChI is InChI=1S/C15H26N4/c1-6-7-10-8-11(10)17-13-9-12(16-5)18-14(19-13)15(2,3)4/h9-11H,6-8H2,1-5H3,(H2,16,17,18,19). The molecule has 0 aliphatic heterocycles. The smallest absolute Gasteiger partial charge is 0.138 e. The fraction of sp³-hybridized carbons (Fsp3) is 0.733. The van der Waals surface area contributed by atoms with Crippen LogP contribution in [0.5, 0.6) is 0 Å². The van der Waals surface area contributed by atoms with Gasteiger partial charge >= 0.3 is 0 Å². The molecule has 0 aromatic carbocycles. The van der Waals surface area contributed by atoms with E-state index in [1.807, 2.05) is 13.1 Å². The van der Waals surface area contributed by atoms with Crippen molar-refractivity contribution in [3.63, 3.8) is 0 Å². The Labute approximate surface area is 116 Å². The Morgan fingerprint density at radius 1 is 1.26 bits per heavy atom. The van der Waals surface area contributed by atoms with Crippen LogP contribution in [0.4, 0.5) is 11.6 Å². The molecule has 0 amide bonds. The van der Waals surface area contributed by atoms with Crippen molar-refractivity contribution in [3.8, 4) is 0 Å². The third kappa shape index (κ3) is 3.58. The maximum atomic E-state index is 4.67. The molecule has 2 unspecified atom stereocenters. The molecule has 2 N–H and O–H groups in total. The maximum absolute atomic E-state index is 4.67. The molecule has 1 aliphatic rings. The molecule has 1 heterocycles. The Hall–Kier alpha value is -1.32. The lowest BCUT2D eigenvalue weighted by atomic mass is 9.96. The Morgan fingerprint density at radius 2 is 1.95 bits per heavy atom. The molecule has 1 saturated carbocycles. The minimum absolute atomic E-state index is 0.0321. The summed E-state index contributed by atoms with van der Waals surface area (Å²) in [5.41, 5.74) is -0.0321. The highest BCUT2D eigenvalue weighted by Crippen LogP contribution is 2.37. The number of rotatable bonds is 5. The van der Waals surface area contributed by atoms with Crippen LogP contribution in [0, 0.1) is 5.92 Å². The zero-order valence-electron chi connectivity index (χ0n) is 12.7. The topological polar surface area (TPSA) is 49.8 Å². The van der Waals surface area contributed by atoms with Crippen LogP contribution in [-0.4, -0.2) is 23.1 Å². The van der Waals surface area contributed by atoms with Gasteiger partial charge in [-0.15, -0.1) is 0 Å². The molecule has 4 heteroatoms. The van der Waals surface area contributed by atoms with Gasteiger partial charge in [0, 0.05) is 24.6 Å². The summed E-state index contributed by atoms with van der Waals surface area (Å²) in [6, 6.07) is 2.60. The highest BCUT2D eigenvalue weighted by atomic mass is 15.1. The van der Waals surface area contributed by atoms with Crippen molar-refractivity contribution in [2.24, 2.45) is 5.92 Å². The first-order chi connectivity index (χ1) is 8.94. The highest BCUT2D eigenvalue weighted by molar-refractivity contribution is 5.49. The molecule has 0 bridgehead atoms. The third-order valence-electron chi connectivity index (χ3n) is 3.57. The molecule has 1 aromatic heterocycles. The van der Waals surface area contributed by atoms with Crippen molar-refractivity contribution in [1.29, 1.82) is 0 Å². The number of nitrogens with one attached hydrogen (secondary N) is 2. The van der Waals surface area contributed by atoms with Crippen LogP contribution in [0.3, 0.4) is 0 Å². The molecular formula is C15H26N4. The SMILES string of the molecule is CCCC1CC1Nc1cc(NC)nc(C(C)(C)C)n1. The van der Waals surface area contributed by atoms with Crippen LogP contribution in [-0.2, 0) is 5.41 Å². The molecule has 106 valence electrons. The maximum Gasteiger partial charge on any atom is 0.138 e. The molecule has 19 heavy (non-hydrogen) atoms. The van der Waals surface area contributed by atoms with Gasteiger partial charge in [-0.1, -0.05) is 34.1 Å². The molecule has 1 fully saturated rings. The number of anilines is 2. The van der Waals surface area contributed by atoms with Crippen molar-refractivity contribution in [2.75, 3.05) is 17.7 Å². The zero-order chi connectivity index (χ0) is 14.0. The number of nitrogens with zero attached hydrogens (tertiary/aromatic N) is 2. The first-order valence-corrected chi connectivity index (χ1v) is 7.28. The predicted octanol–water partition coefficient (Wildman–Crippen LogP) is 3.42. The summed E-state index contributed by atoms with van der Waals surface area (Å²) in [6.07, 6.45) is 3.85. The van der Waals surface area contributed by atoms with E-state index < -0.39 is 0 Å². The minimum Gasteiger partial charge on any atom is -0.373 e. The number of hydrogen-bond acceptors (Lipinski definition) is 4. The van der Waals surface area contributed by atoms with E-state index in [1.165, 1.54) is 19.3 Å². The lowest BCUT2D eigenvalue weighted by molar-refractivity contribution is 0.546. The summed E-state index contributed by atoms with van der Waals surface area (Å²) in [7, 11) is 1.90. The summed E-state index contributed by atoms with van der Waals surface area (Å²) in [6.45, 7) is 8.67. The fourth-order valence-corrected chi connectivity index (χ4v) is 2.29. The molecule has 0 spiro atoms. The van der Waals surface area contributed by atoms with E-state index in [0.29, 0.717) is 6.04 Å². The van der Waals surface area contributed by atoms with E-state index in [-0.39, 0.29) is 5.41 Å². The van der Waals surface area contributed by atoms with Crippen molar-refractivity contribution in [2.45, 2.75) is 58.4 Å². The Kier molecular flexibility index (Phi) is 3.97.